The number of benzene rings is 2. The monoisotopic (exact) mass is 726 g/mol. The van der Waals surface area contributed by atoms with Crippen LogP contribution in [0, 0.1) is 35.9 Å². The van der Waals surface area contributed by atoms with Crippen molar-refractivity contribution < 1.29 is 13.9 Å². The van der Waals surface area contributed by atoms with Gasteiger partial charge in [0.15, 0.2) is 5.82 Å². The van der Waals surface area contributed by atoms with Crippen LogP contribution in [0.2, 0.25) is 10.0 Å². The first-order valence-corrected chi connectivity index (χ1v) is 18.5. The molecule has 6 heterocycles. The Labute approximate surface area is 304 Å². The Bertz CT molecular complexity index is 2260. The van der Waals surface area contributed by atoms with Gasteiger partial charge in [0.25, 0.3) is 0 Å². The van der Waals surface area contributed by atoms with Crippen molar-refractivity contribution in [3.05, 3.63) is 75.0 Å². The number of likely N-dealkylation sites (tertiary alicyclic amines) is 1. The molecule has 10 nitrogen and oxygen atoms in total. The molecular weight excluding hydrogens is 690 g/mol. The molecule has 5 aliphatic rings. The largest absolute Gasteiger partial charge is 0.370 e. The van der Waals surface area contributed by atoms with Gasteiger partial charge in [0.2, 0.25) is 5.91 Å². The van der Waals surface area contributed by atoms with Crippen LogP contribution in [0.4, 0.5) is 4.39 Å². The Morgan fingerprint density at radius 1 is 1.20 bits per heavy atom. The Balaban J connectivity index is 1.23. The first-order chi connectivity index (χ1) is 24.7. The van der Waals surface area contributed by atoms with Crippen LogP contribution in [0.5, 0.6) is 0 Å². The highest BCUT2D eigenvalue weighted by molar-refractivity contribution is 6.43. The smallest absolute Gasteiger partial charge is 0.226 e. The van der Waals surface area contributed by atoms with E-state index in [1.807, 2.05) is 17.9 Å². The van der Waals surface area contributed by atoms with E-state index < -0.39 is 5.82 Å². The van der Waals surface area contributed by atoms with E-state index >= 15 is 4.39 Å². The molecule has 3 aliphatic heterocycles. The molecule has 2 bridgehead atoms. The Hall–Kier alpha value is -4.08. The van der Waals surface area contributed by atoms with E-state index in [0.717, 1.165) is 48.1 Å². The molecule has 0 radical (unpaired) electrons. The molecule has 2 saturated carbocycles. The highest BCUT2D eigenvalue weighted by Crippen LogP contribution is 2.51. The van der Waals surface area contributed by atoms with Crippen LogP contribution in [-0.4, -0.2) is 60.6 Å². The van der Waals surface area contributed by atoms with E-state index in [1.165, 1.54) is 4.80 Å². The molecule has 5 fully saturated rings. The van der Waals surface area contributed by atoms with Gasteiger partial charge in [-0.05, 0) is 62.3 Å². The summed E-state index contributed by atoms with van der Waals surface area (Å²) >= 11 is 13.1. The Morgan fingerprint density at radius 2 is 2.04 bits per heavy atom. The summed E-state index contributed by atoms with van der Waals surface area (Å²) in [4.78, 5) is 22.4. The van der Waals surface area contributed by atoms with Gasteiger partial charge >= 0.3 is 0 Å². The van der Waals surface area contributed by atoms with Gasteiger partial charge in [-0.15, -0.1) is 0 Å². The first-order valence-electron chi connectivity index (χ1n) is 17.7. The van der Waals surface area contributed by atoms with E-state index in [9.17, 15) is 10.1 Å². The lowest BCUT2D eigenvalue weighted by Crippen LogP contribution is -2.41. The van der Waals surface area contributed by atoms with Crippen LogP contribution in [0.3, 0.4) is 0 Å². The third kappa shape index (κ3) is 5.41. The van der Waals surface area contributed by atoms with Gasteiger partial charge < -0.3 is 19.5 Å². The molecule has 1 N–H and O–H groups in total. The first kappa shape index (κ1) is 32.8. The summed E-state index contributed by atoms with van der Waals surface area (Å²) in [6.07, 6.45) is 5.58. The fourth-order valence-electron chi connectivity index (χ4n) is 8.76. The zero-order valence-electron chi connectivity index (χ0n) is 28.4. The van der Waals surface area contributed by atoms with Gasteiger partial charge in [0, 0.05) is 78.2 Å². The van der Waals surface area contributed by atoms with Crippen molar-refractivity contribution in [2.24, 2.45) is 18.9 Å². The van der Waals surface area contributed by atoms with Gasteiger partial charge in [-0.2, -0.15) is 20.3 Å². The minimum atomic E-state index is -0.484. The molecule has 13 heteroatoms. The summed E-state index contributed by atoms with van der Waals surface area (Å²) in [5, 5.41) is 24.0. The zero-order chi connectivity index (χ0) is 35.1. The number of aryl methyl sites for hydroxylation is 3. The number of rotatable bonds is 9. The highest BCUT2D eigenvalue weighted by atomic mass is 35.5. The Morgan fingerprint density at radius 3 is 2.75 bits per heavy atom. The number of fused-ring (bicyclic) bond motifs is 4. The van der Waals surface area contributed by atoms with E-state index in [2.05, 4.69) is 32.2 Å². The fraction of sp³-hybridized carbons (Fsp3) is 0.447. The third-order valence-corrected chi connectivity index (χ3v) is 12.2. The lowest BCUT2D eigenvalue weighted by atomic mass is 9.79. The SMILES string of the molecule is Cc1nc2c(F)c(-c3cccc(Cl)c3Cl)c(CCC#N)cc2c2c1cc([C@H]1C[C@H](OCc3cnn(C)n3)CN1C(=O)C1CC1)n2[C@H]1[C@H]2CN[C@@H]1C2. The lowest BCUT2D eigenvalue weighted by molar-refractivity contribution is -0.134. The lowest BCUT2D eigenvalue weighted by Gasteiger charge is -2.39. The number of halogens is 3. The molecule has 2 aromatic carbocycles. The number of carbonyl (C=O) groups excluding carboxylic acids is 1. The summed E-state index contributed by atoms with van der Waals surface area (Å²) in [5.41, 5.74) is 5.11. The summed E-state index contributed by atoms with van der Waals surface area (Å²) in [7, 11) is 1.78. The molecule has 3 saturated heterocycles. The second-order valence-corrected chi connectivity index (χ2v) is 15.3. The predicted molar refractivity (Wildman–Crippen MR) is 192 cm³/mol. The minimum Gasteiger partial charge on any atom is -0.370 e. The fourth-order valence-corrected chi connectivity index (χ4v) is 9.16. The number of carbonyl (C=O) groups is 1. The van der Waals surface area contributed by atoms with Crippen LogP contribution < -0.4 is 5.32 Å². The minimum absolute atomic E-state index is 0.0448. The Kier molecular flexibility index (Phi) is 8.07. The summed E-state index contributed by atoms with van der Waals surface area (Å²) in [6.45, 7) is 3.64. The van der Waals surface area contributed by atoms with Crippen LogP contribution >= 0.6 is 23.2 Å². The maximum atomic E-state index is 17.2. The van der Waals surface area contributed by atoms with Crippen LogP contribution in [-0.2, 0) is 29.6 Å². The normalized spacial score (nSPS) is 24.1. The van der Waals surface area contributed by atoms with E-state index in [-0.39, 0.29) is 53.0 Å². The number of hydrogen-bond donors (Lipinski definition) is 1. The van der Waals surface area contributed by atoms with Crippen molar-refractivity contribution in [3.8, 4) is 17.2 Å². The molecule has 10 rings (SSSR count). The topological polar surface area (TPSA) is 114 Å². The molecule has 51 heavy (non-hydrogen) atoms. The second-order valence-electron chi connectivity index (χ2n) is 14.6. The molecule has 5 aromatic rings. The summed E-state index contributed by atoms with van der Waals surface area (Å²) in [5.74, 6) is 0.147. The predicted octanol–water partition coefficient (Wildman–Crippen LogP) is 7.00. The average Bonchev–Trinajstić information content (AvgIpc) is 3.55. The van der Waals surface area contributed by atoms with E-state index in [4.69, 9.17) is 32.9 Å². The standard InChI is InChI=1S/C38H37Cl2FN8O2/c1-19-26-14-31(30-13-24(17-48(30)38(50)20-8-9-20)51-18-23-16-44-47(2)46-23)49(36-22-12-29(36)43-15-22)37(26)27-11-21(5-4-10-42)32(34(41)35(27)45-19)25-6-3-7-28(39)33(25)40/h3,6-7,11,14,16,20,22,24,29-30,36,43H,4-5,8-9,12-13,15,17-18H2,1-2H3/t22-,24+,29-,30-,36+/m1/s1. The number of nitrogens with one attached hydrogen (secondary N) is 1. The van der Waals surface area contributed by atoms with Gasteiger partial charge in [-0.25, -0.2) is 9.37 Å². The van der Waals surface area contributed by atoms with Crippen LogP contribution in [0.25, 0.3) is 32.9 Å². The number of amides is 1. The van der Waals surface area contributed by atoms with Crippen LogP contribution in [0.1, 0.15) is 66.8 Å². The average molecular weight is 728 g/mol. The quantitative estimate of drug-likeness (QED) is 0.174. The summed E-state index contributed by atoms with van der Waals surface area (Å²) in [6, 6.07) is 11.8. The number of pyridine rings is 1. The van der Waals surface area contributed by atoms with Crippen molar-refractivity contribution >= 4 is 50.9 Å². The zero-order valence-corrected chi connectivity index (χ0v) is 29.9. The molecule has 0 spiro atoms. The van der Waals surface area contributed by atoms with E-state index in [1.54, 1.807) is 31.4 Å². The van der Waals surface area contributed by atoms with Crippen molar-refractivity contribution in [2.45, 2.75) is 76.3 Å². The summed E-state index contributed by atoms with van der Waals surface area (Å²) < 4.78 is 26.0. The van der Waals surface area contributed by atoms with Gasteiger partial charge in [-0.3, -0.25) is 4.79 Å². The molecule has 1 amide bonds. The maximum absolute atomic E-state index is 17.2. The van der Waals surface area contributed by atoms with Gasteiger partial charge in [0.05, 0.1) is 52.6 Å². The highest BCUT2D eigenvalue weighted by Gasteiger charge is 2.51. The number of aromatic nitrogens is 5. The van der Waals surface area contributed by atoms with Crippen molar-refractivity contribution in [2.75, 3.05) is 13.1 Å². The number of nitrogens with zero attached hydrogens (tertiary/aromatic N) is 7. The van der Waals surface area contributed by atoms with Crippen molar-refractivity contribution in [1.82, 2.24) is 34.8 Å². The van der Waals surface area contributed by atoms with Crippen molar-refractivity contribution in [1.29, 1.82) is 5.26 Å². The molecule has 0 unspecified atom stereocenters. The maximum Gasteiger partial charge on any atom is 0.226 e. The number of hydrogen-bond acceptors (Lipinski definition) is 7. The van der Waals surface area contributed by atoms with Gasteiger partial charge in [0.1, 0.15) is 11.2 Å². The molecule has 2 aliphatic carbocycles. The third-order valence-electron chi connectivity index (χ3n) is 11.4. The second kappa shape index (κ2) is 12.6. The number of ether oxygens (including phenoxy) is 1. The molecule has 262 valence electrons. The van der Waals surface area contributed by atoms with Crippen LogP contribution in [0.15, 0.2) is 36.5 Å². The molecule has 5 atom stereocenters. The molecule has 3 aromatic heterocycles. The number of nitriles is 1. The van der Waals surface area contributed by atoms with E-state index in [0.29, 0.717) is 64.7 Å². The molecular formula is C38H37Cl2FN8O2. The van der Waals surface area contributed by atoms with Gasteiger partial charge in [-0.1, -0.05) is 35.3 Å². The van der Waals surface area contributed by atoms with Crippen molar-refractivity contribution in [3.63, 3.8) is 0 Å².